The molecule has 0 N–H and O–H groups in total. The molecule has 270 valence electrons. The van der Waals surface area contributed by atoms with Crippen LogP contribution in [0, 0.1) is 118 Å². The topological polar surface area (TPSA) is 52.6 Å². The lowest BCUT2D eigenvalue weighted by molar-refractivity contribution is -0.151. The molecule has 0 saturated heterocycles. The third kappa shape index (κ3) is 4.62. The van der Waals surface area contributed by atoms with Gasteiger partial charge in [-0.05, 0) is 183 Å². The van der Waals surface area contributed by atoms with Crippen LogP contribution in [0.5, 0.6) is 0 Å². The lowest BCUT2D eigenvalue weighted by Gasteiger charge is -2.37. The molecule has 13 rings (SSSR count). The van der Waals surface area contributed by atoms with E-state index in [4.69, 9.17) is 9.47 Å². The molecule has 0 heterocycles. The molecule has 21 atom stereocenters. The molecule has 12 aliphatic rings. The van der Waals surface area contributed by atoms with Crippen LogP contribution in [0.1, 0.15) is 76.2 Å². The fourth-order valence-corrected chi connectivity index (χ4v) is 17.1. The number of carbonyl (C=O) groups excluding carboxylic acids is 2. The Labute approximate surface area is 305 Å². The van der Waals surface area contributed by atoms with E-state index in [0.717, 1.165) is 113 Å². The van der Waals surface area contributed by atoms with Crippen LogP contribution in [-0.4, -0.2) is 25.7 Å². The van der Waals surface area contributed by atoms with Crippen LogP contribution in [0.3, 0.4) is 0 Å². The second-order valence-electron chi connectivity index (χ2n) is 19.5. The summed E-state index contributed by atoms with van der Waals surface area (Å²) < 4.78 is 10.2. The summed E-state index contributed by atoms with van der Waals surface area (Å²) >= 11 is 0. The predicted molar refractivity (Wildman–Crippen MR) is 197 cm³/mol. The van der Waals surface area contributed by atoms with Crippen molar-refractivity contribution in [3.05, 3.63) is 72.4 Å². The minimum absolute atomic E-state index is 0.0534. The zero-order valence-electron chi connectivity index (χ0n) is 30.7. The first-order valence-electron chi connectivity index (χ1n) is 21.3. The van der Waals surface area contributed by atoms with Crippen LogP contribution in [-0.2, 0) is 19.1 Å². The van der Waals surface area contributed by atoms with Gasteiger partial charge in [-0.25, -0.2) is 0 Å². The second kappa shape index (κ2) is 11.9. The van der Waals surface area contributed by atoms with E-state index >= 15 is 0 Å². The largest absolute Gasteiger partial charge is 0.469 e. The van der Waals surface area contributed by atoms with Gasteiger partial charge in [-0.3, -0.25) is 9.59 Å². The van der Waals surface area contributed by atoms with Crippen molar-refractivity contribution in [3.63, 3.8) is 0 Å². The molecule has 0 radical (unpaired) electrons. The maximum absolute atomic E-state index is 12.0. The van der Waals surface area contributed by atoms with Crippen LogP contribution >= 0.6 is 0 Å². The van der Waals surface area contributed by atoms with E-state index in [1.807, 2.05) is 6.92 Å². The van der Waals surface area contributed by atoms with Crippen LogP contribution in [0.4, 0.5) is 0 Å². The number of carbonyl (C=O) groups is 2. The van der Waals surface area contributed by atoms with Crippen molar-refractivity contribution in [3.8, 4) is 0 Å². The first-order valence-corrected chi connectivity index (χ1v) is 21.3. The van der Waals surface area contributed by atoms with Crippen molar-refractivity contribution in [2.24, 2.45) is 118 Å². The zero-order chi connectivity index (χ0) is 34.1. The summed E-state index contributed by atoms with van der Waals surface area (Å²) in [4.78, 5) is 23.7. The second-order valence-corrected chi connectivity index (χ2v) is 19.5. The number of esters is 2. The summed E-state index contributed by atoms with van der Waals surface area (Å²) in [7, 11) is 1.53. The number of rotatable bonds is 4. The van der Waals surface area contributed by atoms with Crippen molar-refractivity contribution >= 4 is 11.9 Å². The van der Waals surface area contributed by atoms with E-state index in [-0.39, 0.29) is 23.8 Å². The van der Waals surface area contributed by atoms with Gasteiger partial charge in [0.25, 0.3) is 0 Å². The first kappa shape index (κ1) is 31.9. The molecule has 0 aliphatic heterocycles. The Morgan fingerprint density at radius 3 is 1.45 bits per heavy atom. The molecule has 21 unspecified atom stereocenters. The highest BCUT2D eigenvalue weighted by Gasteiger charge is 2.64. The minimum atomic E-state index is 0.0534. The summed E-state index contributed by atoms with van der Waals surface area (Å²) in [5, 5.41) is 0. The lowest BCUT2D eigenvalue weighted by atomic mass is 9.68. The van der Waals surface area contributed by atoms with E-state index in [9.17, 15) is 9.59 Å². The maximum Gasteiger partial charge on any atom is 0.309 e. The van der Waals surface area contributed by atoms with Crippen LogP contribution < -0.4 is 0 Å². The third-order valence-corrected chi connectivity index (χ3v) is 18.1. The van der Waals surface area contributed by atoms with E-state index in [1.54, 1.807) is 5.56 Å². The summed E-state index contributed by atoms with van der Waals surface area (Å²) in [5.41, 5.74) is 1.62. The molecule has 0 aromatic heterocycles. The number of methoxy groups -OCH3 is 1. The van der Waals surface area contributed by atoms with Crippen LogP contribution in [0.2, 0.25) is 0 Å². The van der Waals surface area contributed by atoms with Gasteiger partial charge in [0.05, 0.1) is 25.6 Å². The Balaban J connectivity index is 0.0000000914. The van der Waals surface area contributed by atoms with E-state index < -0.39 is 0 Å². The van der Waals surface area contributed by atoms with Gasteiger partial charge >= 0.3 is 11.9 Å². The highest BCUT2D eigenvalue weighted by molar-refractivity contribution is 5.74. The van der Waals surface area contributed by atoms with Gasteiger partial charge < -0.3 is 9.47 Å². The number of hydrogen-bond donors (Lipinski definition) is 0. The lowest BCUT2D eigenvalue weighted by Crippen LogP contribution is -2.35. The van der Waals surface area contributed by atoms with Crippen molar-refractivity contribution < 1.29 is 19.1 Å². The number of hydrogen-bond acceptors (Lipinski definition) is 4. The first-order chi connectivity index (χ1) is 25.0. The highest BCUT2D eigenvalue weighted by Crippen LogP contribution is 2.70. The highest BCUT2D eigenvalue weighted by atomic mass is 16.5. The van der Waals surface area contributed by atoms with Crippen LogP contribution in [0.15, 0.2) is 66.8 Å². The standard InChI is InChI=1S/C18H20.C15H20O2.C14H18O2/c1-2-4-11(5-3-1)15-9-14-10-16(15)18-13-7-6-12(8-13)17(14)18;1-2-17-15(16)12-7-10-6-11(12)14-9-4-3-8(5-9)13(10)14;1-16-14(15)11-6-9-5-10(11)13-8-3-2-7(4-8)12(9)13/h1-7,12-18H,8-10H2;3-4,8-14H,2,5-7H2,1H3;2-3,7-13H,4-6H2,1H3. The molecule has 9 saturated carbocycles. The van der Waals surface area contributed by atoms with E-state index in [1.165, 1.54) is 52.1 Å². The number of fused-ring (bicyclic) bond motifs is 27. The normalized spacial score (nSPS) is 53.2. The van der Waals surface area contributed by atoms with Gasteiger partial charge in [0.2, 0.25) is 0 Å². The van der Waals surface area contributed by atoms with Crippen molar-refractivity contribution in [2.45, 2.75) is 70.6 Å². The summed E-state index contributed by atoms with van der Waals surface area (Å²) in [5.74, 6) is 17.2. The smallest absolute Gasteiger partial charge is 0.309 e. The zero-order valence-corrected chi connectivity index (χ0v) is 30.7. The molecule has 12 aliphatic carbocycles. The van der Waals surface area contributed by atoms with Crippen molar-refractivity contribution in [1.82, 2.24) is 0 Å². The Morgan fingerprint density at radius 1 is 0.529 bits per heavy atom. The minimum Gasteiger partial charge on any atom is -0.469 e. The predicted octanol–water partition coefficient (Wildman–Crippen LogP) is 9.15. The summed E-state index contributed by atoms with van der Waals surface area (Å²) in [6.45, 7) is 2.45. The average molecular weight is 687 g/mol. The maximum atomic E-state index is 12.0. The molecule has 1 aromatic carbocycles. The van der Waals surface area contributed by atoms with Crippen LogP contribution in [0.25, 0.3) is 0 Å². The fraction of sp³-hybridized carbons (Fsp3) is 0.702. The monoisotopic (exact) mass is 686 g/mol. The summed E-state index contributed by atoms with van der Waals surface area (Å²) in [6.07, 6.45) is 26.9. The Kier molecular flexibility index (Phi) is 7.46. The Hall–Kier alpha value is -2.62. The molecule has 4 nitrogen and oxygen atoms in total. The van der Waals surface area contributed by atoms with Gasteiger partial charge in [-0.2, -0.15) is 0 Å². The molecule has 12 bridgehead atoms. The van der Waals surface area contributed by atoms with Gasteiger partial charge in [0.1, 0.15) is 0 Å². The molecule has 9 fully saturated rings. The molecule has 1 aromatic rings. The number of benzene rings is 1. The Morgan fingerprint density at radius 2 is 0.961 bits per heavy atom. The van der Waals surface area contributed by atoms with Gasteiger partial charge in [-0.15, -0.1) is 0 Å². The van der Waals surface area contributed by atoms with Gasteiger partial charge in [-0.1, -0.05) is 66.8 Å². The fourth-order valence-electron chi connectivity index (χ4n) is 17.1. The Bertz CT molecular complexity index is 1640. The molecule has 51 heavy (non-hydrogen) atoms. The molecule has 0 spiro atoms. The van der Waals surface area contributed by atoms with Gasteiger partial charge in [0, 0.05) is 0 Å². The van der Waals surface area contributed by atoms with Crippen molar-refractivity contribution in [2.75, 3.05) is 13.7 Å². The summed E-state index contributed by atoms with van der Waals surface area (Å²) in [6, 6.07) is 11.3. The van der Waals surface area contributed by atoms with E-state index in [0.29, 0.717) is 18.4 Å². The van der Waals surface area contributed by atoms with Crippen molar-refractivity contribution in [1.29, 1.82) is 0 Å². The molecule has 4 heteroatoms. The molecular weight excluding hydrogens is 629 g/mol. The van der Waals surface area contributed by atoms with E-state index in [2.05, 4.69) is 66.8 Å². The number of ether oxygens (including phenoxy) is 2. The number of allylic oxidation sites excluding steroid dienone is 6. The quantitative estimate of drug-likeness (QED) is 0.180. The molecular formula is C47H58O4. The average Bonchev–Trinajstić information content (AvgIpc) is 4.03. The SMILES string of the molecule is C1=CC2CC1C1C3CC(c4ccccc4)C(C3)C21.CCOC(=O)C1CC2CC1C1C3C=CC(C3)C21.COC(=O)C1CC2CC1C1C3C=CC(C3)C21. The molecule has 0 amide bonds. The van der Waals surface area contributed by atoms with Gasteiger partial charge in [0.15, 0.2) is 0 Å². The third-order valence-electron chi connectivity index (χ3n) is 18.1.